The van der Waals surface area contributed by atoms with Crippen LogP contribution in [0.15, 0.2) is 30.6 Å². The Morgan fingerprint density at radius 2 is 1.82 bits per heavy atom. The van der Waals surface area contributed by atoms with Gasteiger partial charge in [0.25, 0.3) is 0 Å². The number of benzene rings is 1. The molecular weight excluding hydrogens is 487 g/mol. The molecule has 0 bridgehead atoms. The molecule has 1 N–H and O–H groups in total. The summed E-state index contributed by atoms with van der Waals surface area (Å²) < 4.78 is 66.0. The third-order valence-corrected chi connectivity index (χ3v) is 8.04. The zero-order valence-electron chi connectivity index (χ0n) is 18.8. The molecule has 3 heterocycles. The normalized spacial score (nSPS) is 16.1. The Kier molecular flexibility index (Phi) is 6.67. The first-order valence-electron chi connectivity index (χ1n) is 10.6. The van der Waals surface area contributed by atoms with Gasteiger partial charge in [-0.2, -0.15) is 13.2 Å². The second-order valence-corrected chi connectivity index (χ2v) is 11.4. The monoisotopic (exact) mass is 511 g/mol. The van der Waals surface area contributed by atoms with Crippen molar-refractivity contribution < 1.29 is 21.6 Å². The van der Waals surface area contributed by atoms with Gasteiger partial charge in [0.15, 0.2) is 0 Å². The molecule has 3 aromatic rings. The smallest absolute Gasteiger partial charge is 0.351 e. The van der Waals surface area contributed by atoms with Gasteiger partial charge in [-0.05, 0) is 32.3 Å². The summed E-state index contributed by atoms with van der Waals surface area (Å²) in [4.78, 5) is 12.8. The molecule has 0 spiro atoms. The van der Waals surface area contributed by atoms with Gasteiger partial charge in [-0.3, -0.25) is 0 Å². The molecular formula is C22H24F3N5O2S2. The van der Waals surface area contributed by atoms with Gasteiger partial charge in [0.2, 0.25) is 16.0 Å². The van der Waals surface area contributed by atoms with E-state index in [1.165, 1.54) is 10.5 Å². The lowest BCUT2D eigenvalue weighted by atomic mass is 10.1. The van der Waals surface area contributed by atoms with Crippen molar-refractivity contribution in [3.05, 3.63) is 47.3 Å². The molecule has 182 valence electrons. The van der Waals surface area contributed by atoms with Crippen LogP contribution in [-0.2, 0) is 16.2 Å². The lowest BCUT2D eigenvalue weighted by molar-refractivity contribution is -0.137. The minimum Gasteiger partial charge on any atom is -0.351 e. The largest absolute Gasteiger partial charge is 0.420 e. The fourth-order valence-electron chi connectivity index (χ4n) is 3.92. The van der Waals surface area contributed by atoms with Crippen molar-refractivity contribution in [3.63, 3.8) is 0 Å². The standard InChI is InChI=1S/C22H24F3N5O2S2/c1-13-4-5-16(14(2)10-13)20-26-12-18(33-20)19-17(22(23,24)25)11-27-21(29-19)28-15-6-8-30(9-7-15)34(3,31)32/h4-5,10-12,15H,6-9H2,1-3H3,(H,27,28,29). The average Bonchev–Trinajstić information content (AvgIpc) is 3.22. The first-order chi connectivity index (χ1) is 15.9. The Bertz CT molecular complexity index is 1300. The second-order valence-electron chi connectivity index (χ2n) is 8.38. The number of sulfonamides is 1. The first-order valence-corrected chi connectivity index (χ1v) is 13.3. The van der Waals surface area contributed by atoms with E-state index in [0.29, 0.717) is 35.8 Å². The van der Waals surface area contributed by atoms with Crippen LogP contribution in [0.4, 0.5) is 19.1 Å². The predicted molar refractivity (Wildman–Crippen MR) is 126 cm³/mol. The lowest BCUT2D eigenvalue weighted by Gasteiger charge is -2.30. The highest BCUT2D eigenvalue weighted by atomic mass is 32.2. The Morgan fingerprint density at radius 1 is 1.12 bits per heavy atom. The van der Waals surface area contributed by atoms with E-state index in [9.17, 15) is 21.6 Å². The van der Waals surface area contributed by atoms with Crippen LogP contribution in [0.25, 0.3) is 21.1 Å². The zero-order valence-corrected chi connectivity index (χ0v) is 20.5. The van der Waals surface area contributed by atoms with E-state index in [-0.39, 0.29) is 17.7 Å². The number of aryl methyl sites for hydroxylation is 2. The highest BCUT2D eigenvalue weighted by Crippen LogP contribution is 2.40. The number of hydrogen-bond acceptors (Lipinski definition) is 7. The summed E-state index contributed by atoms with van der Waals surface area (Å²) in [6, 6.07) is 5.70. The maximum Gasteiger partial charge on any atom is 0.420 e. The van der Waals surface area contributed by atoms with Gasteiger partial charge in [0.05, 0.1) is 16.8 Å². The molecule has 0 radical (unpaired) electrons. The van der Waals surface area contributed by atoms with Gasteiger partial charge in [-0.1, -0.05) is 23.8 Å². The fourth-order valence-corrected chi connectivity index (χ4v) is 5.81. The highest BCUT2D eigenvalue weighted by molar-refractivity contribution is 7.88. The minimum absolute atomic E-state index is 0.0715. The molecule has 1 aliphatic heterocycles. The number of aromatic nitrogens is 3. The van der Waals surface area contributed by atoms with E-state index in [1.807, 2.05) is 32.0 Å². The quantitative estimate of drug-likeness (QED) is 0.533. The van der Waals surface area contributed by atoms with Crippen molar-refractivity contribution in [3.8, 4) is 21.1 Å². The van der Waals surface area contributed by atoms with E-state index in [4.69, 9.17) is 0 Å². The van der Waals surface area contributed by atoms with Crippen molar-refractivity contribution in [2.24, 2.45) is 0 Å². The Hall–Kier alpha value is -2.57. The van der Waals surface area contributed by atoms with Gasteiger partial charge in [-0.15, -0.1) is 11.3 Å². The molecule has 4 rings (SSSR count). The van der Waals surface area contributed by atoms with Gasteiger partial charge in [0.1, 0.15) is 10.6 Å². The van der Waals surface area contributed by atoms with Crippen LogP contribution in [0.2, 0.25) is 0 Å². The van der Waals surface area contributed by atoms with Crippen molar-refractivity contribution in [1.29, 1.82) is 0 Å². The maximum absolute atomic E-state index is 13.7. The Balaban J connectivity index is 1.62. The van der Waals surface area contributed by atoms with E-state index < -0.39 is 21.8 Å². The highest BCUT2D eigenvalue weighted by Gasteiger charge is 2.36. The van der Waals surface area contributed by atoms with Crippen molar-refractivity contribution in [2.75, 3.05) is 24.7 Å². The van der Waals surface area contributed by atoms with E-state index in [1.54, 1.807) is 0 Å². The number of anilines is 1. The van der Waals surface area contributed by atoms with Crippen LogP contribution in [0.1, 0.15) is 29.5 Å². The van der Waals surface area contributed by atoms with Crippen LogP contribution >= 0.6 is 11.3 Å². The number of halogens is 3. The van der Waals surface area contributed by atoms with E-state index in [0.717, 1.165) is 40.5 Å². The van der Waals surface area contributed by atoms with Gasteiger partial charge in [-0.25, -0.2) is 27.7 Å². The topological polar surface area (TPSA) is 88.1 Å². The zero-order chi connectivity index (χ0) is 24.7. The molecule has 2 aromatic heterocycles. The van der Waals surface area contributed by atoms with Crippen LogP contribution in [0, 0.1) is 13.8 Å². The molecule has 34 heavy (non-hydrogen) atoms. The lowest BCUT2D eigenvalue weighted by Crippen LogP contribution is -2.42. The van der Waals surface area contributed by atoms with Crippen molar-refractivity contribution in [1.82, 2.24) is 19.3 Å². The molecule has 1 aliphatic rings. The number of nitrogens with zero attached hydrogens (tertiary/aromatic N) is 4. The fraction of sp³-hybridized carbons (Fsp3) is 0.409. The SMILES string of the molecule is Cc1ccc(-c2ncc(-c3nc(NC4CCN(S(C)(=O)=O)CC4)ncc3C(F)(F)F)s2)c(C)c1. The molecule has 1 fully saturated rings. The maximum atomic E-state index is 13.7. The summed E-state index contributed by atoms with van der Waals surface area (Å²) in [5.74, 6) is 0.0715. The summed E-state index contributed by atoms with van der Waals surface area (Å²) in [5, 5.41) is 3.68. The summed E-state index contributed by atoms with van der Waals surface area (Å²) in [5.41, 5.74) is 1.78. The molecule has 1 saturated heterocycles. The Labute approximate surface area is 200 Å². The molecule has 1 aromatic carbocycles. The van der Waals surface area contributed by atoms with Gasteiger partial charge < -0.3 is 5.32 Å². The Morgan fingerprint density at radius 3 is 2.44 bits per heavy atom. The number of thiazole rings is 1. The van der Waals surface area contributed by atoms with Crippen molar-refractivity contribution >= 4 is 27.3 Å². The number of rotatable bonds is 5. The van der Waals surface area contributed by atoms with Gasteiger partial charge >= 0.3 is 6.18 Å². The number of nitrogens with one attached hydrogen (secondary N) is 1. The molecule has 7 nitrogen and oxygen atoms in total. The van der Waals surface area contributed by atoms with Gasteiger partial charge in [0, 0.05) is 37.1 Å². The summed E-state index contributed by atoms with van der Waals surface area (Å²) in [7, 11) is -3.27. The number of alkyl halides is 3. The van der Waals surface area contributed by atoms with E-state index in [2.05, 4.69) is 20.3 Å². The number of hydrogen-bond donors (Lipinski definition) is 1. The molecule has 0 amide bonds. The van der Waals surface area contributed by atoms with Crippen molar-refractivity contribution in [2.45, 2.75) is 38.9 Å². The minimum atomic E-state index is -4.63. The third kappa shape index (κ3) is 5.39. The molecule has 0 aliphatic carbocycles. The van der Waals surface area contributed by atoms with Crippen LogP contribution in [0.3, 0.4) is 0 Å². The predicted octanol–water partition coefficient (Wildman–Crippen LogP) is 4.74. The number of piperidine rings is 1. The molecule has 0 unspecified atom stereocenters. The second kappa shape index (κ2) is 9.23. The molecule has 0 atom stereocenters. The summed E-state index contributed by atoms with van der Waals surface area (Å²) >= 11 is 1.14. The van der Waals surface area contributed by atoms with Crippen LogP contribution < -0.4 is 5.32 Å². The average molecular weight is 512 g/mol. The molecule has 0 saturated carbocycles. The summed E-state index contributed by atoms with van der Waals surface area (Å²) in [6.07, 6.45) is -0.265. The van der Waals surface area contributed by atoms with Crippen LogP contribution in [-0.4, -0.2) is 53.1 Å². The molecule has 12 heteroatoms. The first kappa shape index (κ1) is 24.6. The van der Waals surface area contributed by atoms with E-state index >= 15 is 0 Å². The third-order valence-electron chi connectivity index (χ3n) is 5.70. The van der Waals surface area contributed by atoms with Crippen LogP contribution in [0.5, 0.6) is 0 Å². The summed E-state index contributed by atoms with van der Waals surface area (Å²) in [6.45, 7) is 4.57.